The lowest BCUT2D eigenvalue weighted by atomic mass is 10.3. The second-order valence-corrected chi connectivity index (χ2v) is 5.55. The highest BCUT2D eigenvalue weighted by Crippen LogP contribution is 2.29. The molecule has 0 fully saturated rings. The number of aryl methyl sites for hydroxylation is 3. The highest BCUT2D eigenvalue weighted by molar-refractivity contribution is 5.66. The largest absolute Gasteiger partial charge is 0.324 e. The normalized spacial score (nSPS) is 11.5. The predicted octanol–water partition coefficient (Wildman–Crippen LogP) is 2.25. The number of nitrogens with zero attached hydrogens (tertiary/aromatic N) is 10. The molecule has 0 aliphatic rings. The molecule has 26 heavy (non-hydrogen) atoms. The molecule has 0 atom stereocenters. The second-order valence-electron chi connectivity index (χ2n) is 5.55. The predicted molar refractivity (Wildman–Crippen MR) is 89.6 cm³/mol. The zero-order valence-corrected chi connectivity index (χ0v) is 14.2. The Balaban J connectivity index is 1.86. The number of aromatic nitrogens is 8. The number of hydrogen-bond donors (Lipinski definition) is 1. The van der Waals surface area contributed by atoms with E-state index in [4.69, 9.17) is 0 Å². The van der Waals surface area contributed by atoms with Crippen molar-refractivity contribution in [3.05, 3.63) is 41.4 Å². The van der Waals surface area contributed by atoms with Gasteiger partial charge in [0.1, 0.15) is 17.5 Å². The van der Waals surface area contributed by atoms with Crippen LogP contribution in [0.15, 0.2) is 28.8 Å². The number of fused-ring (bicyclic) bond motifs is 1. The topological polar surface area (TPSA) is 138 Å². The molecule has 0 bridgehead atoms. The SMILES string of the molecule is Cc1nn2nc(C)c(/N=N/c3c(C#N)c(C)nn3-c3cnccn3)c2[nH]1. The standard InChI is InChI=1S/C15H13N11/c1-8-11(6-16)14(25(22-8)12-7-17-4-5-18-12)21-20-13-9(2)23-26-15(13)19-10(3)24-26/h4-5,7H,1-3H3,(H,19,24)/b21-20+. The van der Waals surface area contributed by atoms with Crippen molar-refractivity contribution in [1.82, 2.24) is 39.6 Å². The number of nitrogens with one attached hydrogen (secondary N) is 1. The summed E-state index contributed by atoms with van der Waals surface area (Å²) < 4.78 is 2.91. The van der Waals surface area contributed by atoms with Crippen LogP contribution in [0.4, 0.5) is 11.5 Å². The average molecular weight is 347 g/mol. The zero-order valence-electron chi connectivity index (χ0n) is 14.2. The lowest BCUT2D eigenvalue weighted by molar-refractivity contribution is 0.793. The fourth-order valence-electron chi connectivity index (χ4n) is 2.54. The summed E-state index contributed by atoms with van der Waals surface area (Å²) in [6.45, 7) is 5.36. The Hall–Kier alpha value is -3.94. The zero-order chi connectivity index (χ0) is 18.3. The van der Waals surface area contributed by atoms with Crippen molar-refractivity contribution in [2.24, 2.45) is 10.2 Å². The molecule has 128 valence electrons. The number of rotatable bonds is 3. The summed E-state index contributed by atoms with van der Waals surface area (Å²) in [5, 5.41) is 30.9. The van der Waals surface area contributed by atoms with Crippen LogP contribution < -0.4 is 0 Å². The first-order valence-electron chi connectivity index (χ1n) is 7.68. The lowest BCUT2D eigenvalue weighted by Crippen LogP contribution is -1.99. The van der Waals surface area contributed by atoms with E-state index in [2.05, 4.69) is 46.5 Å². The molecule has 0 radical (unpaired) electrons. The van der Waals surface area contributed by atoms with E-state index in [1.54, 1.807) is 13.1 Å². The fourth-order valence-corrected chi connectivity index (χ4v) is 2.54. The third-order valence-electron chi connectivity index (χ3n) is 3.71. The van der Waals surface area contributed by atoms with Crippen LogP contribution in [0, 0.1) is 32.1 Å². The van der Waals surface area contributed by atoms with Crippen molar-refractivity contribution in [1.29, 1.82) is 5.26 Å². The van der Waals surface area contributed by atoms with E-state index in [-0.39, 0.29) is 5.82 Å². The highest BCUT2D eigenvalue weighted by atomic mass is 15.5. The molecule has 0 aromatic carbocycles. The van der Waals surface area contributed by atoms with Crippen LogP contribution in [0.5, 0.6) is 0 Å². The molecule has 0 unspecified atom stereocenters. The number of hydrogen-bond acceptors (Lipinski definition) is 8. The van der Waals surface area contributed by atoms with Gasteiger partial charge < -0.3 is 4.98 Å². The van der Waals surface area contributed by atoms with Crippen molar-refractivity contribution in [3.63, 3.8) is 0 Å². The van der Waals surface area contributed by atoms with Gasteiger partial charge in [-0.05, 0) is 20.8 Å². The summed E-state index contributed by atoms with van der Waals surface area (Å²) in [6.07, 6.45) is 4.63. The average Bonchev–Trinajstić information content (AvgIpc) is 3.23. The van der Waals surface area contributed by atoms with Gasteiger partial charge in [0, 0.05) is 12.4 Å². The van der Waals surface area contributed by atoms with Crippen LogP contribution in [0.25, 0.3) is 11.5 Å². The van der Waals surface area contributed by atoms with Gasteiger partial charge >= 0.3 is 0 Å². The Kier molecular flexibility index (Phi) is 3.51. The van der Waals surface area contributed by atoms with Crippen LogP contribution in [-0.4, -0.2) is 39.6 Å². The maximum atomic E-state index is 9.47. The number of aromatic amines is 1. The first kappa shape index (κ1) is 15.6. The first-order chi connectivity index (χ1) is 12.6. The Labute approximate surface area is 147 Å². The molecule has 0 amide bonds. The summed E-state index contributed by atoms with van der Waals surface area (Å²) in [4.78, 5) is 11.3. The third kappa shape index (κ3) is 2.40. The van der Waals surface area contributed by atoms with E-state index in [1.165, 1.54) is 21.7 Å². The highest BCUT2D eigenvalue weighted by Gasteiger charge is 2.18. The van der Waals surface area contributed by atoms with Gasteiger partial charge in [-0.1, -0.05) is 0 Å². The van der Waals surface area contributed by atoms with Crippen molar-refractivity contribution >= 4 is 17.2 Å². The molecule has 0 aliphatic heterocycles. The van der Waals surface area contributed by atoms with E-state index in [9.17, 15) is 5.26 Å². The molecule has 1 N–H and O–H groups in total. The molecule has 4 aromatic heterocycles. The summed E-state index contributed by atoms with van der Waals surface area (Å²) in [5.41, 5.74) is 2.68. The molecule has 0 spiro atoms. The van der Waals surface area contributed by atoms with Gasteiger partial charge in [0.05, 0.1) is 17.6 Å². The minimum atomic E-state index is 0.278. The minimum absolute atomic E-state index is 0.278. The molecular weight excluding hydrogens is 334 g/mol. The van der Waals surface area contributed by atoms with Crippen molar-refractivity contribution in [2.45, 2.75) is 20.8 Å². The van der Waals surface area contributed by atoms with Gasteiger partial charge in [0.25, 0.3) is 0 Å². The summed E-state index contributed by atoms with van der Waals surface area (Å²) in [6, 6.07) is 2.11. The van der Waals surface area contributed by atoms with Gasteiger partial charge in [-0.2, -0.15) is 20.1 Å². The van der Waals surface area contributed by atoms with Crippen LogP contribution in [0.2, 0.25) is 0 Å². The van der Waals surface area contributed by atoms with E-state index in [0.29, 0.717) is 39.9 Å². The number of nitriles is 1. The summed E-state index contributed by atoms with van der Waals surface area (Å²) >= 11 is 0. The quantitative estimate of drug-likeness (QED) is 0.564. The van der Waals surface area contributed by atoms with Crippen LogP contribution in [0.1, 0.15) is 22.8 Å². The Morgan fingerprint density at radius 1 is 1.08 bits per heavy atom. The summed E-state index contributed by atoms with van der Waals surface area (Å²) in [7, 11) is 0. The second kappa shape index (κ2) is 5.85. The molecular formula is C15H13N11. The molecule has 0 aliphatic carbocycles. The van der Waals surface area contributed by atoms with Gasteiger partial charge in [0.15, 0.2) is 23.0 Å². The maximum Gasteiger partial charge on any atom is 0.197 e. The molecule has 11 nitrogen and oxygen atoms in total. The van der Waals surface area contributed by atoms with E-state index < -0.39 is 0 Å². The van der Waals surface area contributed by atoms with E-state index in [0.717, 1.165) is 0 Å². The Morgan fingerprint density at radius 2 is 1.92 bits per heavy atom. The Morgan fingerprint density at radius 3 is 2.65 bits per heavy atom. The molecule has 0 saturated carbocycles. The van der Waals surface area contributed by atoms with Crippen molar-refractivity contribution in [3.8, 4) is 11.9 Å². The number of azo groups is 1. The molecule has 4 heterocycles. The first-order valence-corrected chi connectivity index (χ1v) is 7.68. The summed E-state index contributed by atoms with van der Waals surface area (Å²) in [5.74, 6) is 1.43. The van der Waals surface area contributed by atoms with Gasteiger partial charge in [0.2, 0.25) is 0 Å². The van der Waals surface area contributed by atoms with Gasteiger partial charge in [-0.15, -0.1) is 20.0 Å². The lowest BCUT2D eigenvalue weighted by Gasteiger charge is -2.00. The van der Waals surface area contributed by atoms with Gasteiger partial charge in [-0.25, -0.2) is 4.98 Å². The van der Waals surface area contributed by atoms with Gasteiger partial charge in [-0.3, -0.25) is 4.98 Å². The van der Waals surface area contributed by atoms with Crippen LogP contribution in [0.3, 0.4) is 0 Å². The number of H-pyrrole nitrogens is 1. The van der Waals surface area contributed by atoms with E-state index >= 15 is 0 Å². The van der Waals surface area contributed by atoms with Crippen LogP contribution >= 0.6 is 0 Å². The Bertz CT molecular complexity index is 1170. The monoisotopic (exact) mass is 347 g/mol. The minimum Gasteiger partial charge on any atom is -0.324 e. The molecule has 4 aromatic rings. The fraction of sp³-hybridized carbons (Fsp3) is 0.200. The molecule has 4 rings (SSSR count). The molecule has 11 heteroatoms. The molecule has 0 saturated heterocycles. The van der Waals surface area contributed by atoms with Crippen LogP contribution in [-0.2, 0) is 0 Å². The van der Waals surface area contributed by atoms with Crippen molar-refractivity contribution < 1.29 is 0 Å². The smallest absolute Gasteiger partial charge is 0.197 e. The third-order valence-corrected chi connectivity index (χ3v) is 3.71. The van der Waals surface area contributed by atoms with E-state index in [1.807, 2.05) is 13.8 Å². The van der Waals surface area contributed by atoms with Crippen molar-refractivity contribution in [2.75, 3.05) is 0 Å². The maximum absolute atomic E-state index is 9.47.